The summed E-state index contributed by atoms with van der Waals surface area (Å²) in [7, 11) is 1.70. The Morgan fingerprint density at radius 2 is 2.00 bits per heavy atom. The summed E-state index contributed by atoms with van der Waals surface area (Å²) in [5.74, 6) is -0.0554. The molecule has 1 aromatic heterocycles. The Hall–Kier alpha value is -1.62. The summed E-state index contributed by atoms with van der Waals surface area (Å²) in [5, 5.41) is 7.43. The Morgan fingerprint density at radius 1 is 1.31 bits per heavy atom. The molecule has 0 unspecified atom stereocenters. The lowest BCUT2D eigenvalue weighted by Gasteiger charge is -2.01. The number of carbonyl (C=O) groups is 1. The van der Waals surface area contributed by atoms with Gasteiger partial charge in [0, 0.05) is 17.5 Å². The van der Waals surface area contributed by atoms with E-state index in [1.807, 2.05) is 30.5 Å². The summed E-state index contributed by atoms with van der Waals surface area (Å²) >= 11 is 1.65. The first kappa shape index (κ1) is 10.9. The molecule has 0 aliphatic carbocycles. The van der Waals surface area contributed by atoms with E-state index in [4.69, 9.17) is 0 Å². The Kier molecular flexibility index (Phi) is 3.05. The zero-order valence-electron chi connectivity index (χ0n) is 9.04. The zero-order chi connectivity index (χ0) is 11.5. The van der Waals surface area contributed by atoms with Gasteiger partial charge in [-0.2, -0.15) is 0 Å². The highest BCUT2D eigenvalue weighted by Crippen LogP contribution is 2.16. The van der Waals surface area contributed by atoms with E-state index in [1.165, 1.54) is 10.9 Å². The van der Waals surface area contributed by atoms with Crippen molar-refractivity contribution >= 4 is 17.5 Å². The first-order valence-electron chi connectivity index (χ1n) is 4.76. The van der Waals surface area contributed by atoms with E-state index in [9.17, 15) is 4.79 Å². The molecule has 0 saturated heterocycles. The van der Waals surface area contributed by atoms with Gasteiger partial charge in [-0.1, -0.05) is 5.21 Å². The first-order chi connectivity index (χ1) is 7.72. The van der Waals surface area contributed by atoms with Crippen LogP contribution in [0.5, 0.6) is 0 Å². The fraction of sp³-hybridized carbons (Fsp3) is 0.182. The minimum absolute atomic E-state index is 0.0554. The number of hydrogen-bond acceptors (Lipinski definition) is 4. The average Bonchev–Trinajstić information content (AvgIpc) is 2.75. The van der Waals surface area contributed by atoms with E-state index in [0.29, 0.717) is 11.3 Å². The van der Waals surface area contributed by atoms with Crippen molar-refractivity contribution in [3.05, 3.63) is 41.7 Å². The second kappa shape index (κ2) is 4.49. The molecule has 0 aliphatic rings. The quantitative estimate of drug-likeness (QED) is 0.599. The van der Waals surface area contributed by atoms with Crippen molar-refractivity contribution in [3.63, 3.8) is 0 Å². The Balaban J connectivity index is 2.31. The van der Waals surface area contributed by atoms with Gasteiger partial charge in [0.2, 0.25) is 5.78 Å². The van der Waals surface area contributed by atoms with Gasteiger partial charge in [-0.05, 0) is 30.5 Å². The lowest BCUT2D eigenvalue weighted by Crippen LogP contribution is -2.07. The second-order valence-electron chi connectivity index (χ2n) is 3.30. The van der Waals surface area contributed by atoms with E-state index >= 15 is 0 Å². The number of benzene rings is 1. The van der Waals surface area contributed by atoms with Crippen LogP contribution in [-0.2, 0) is 7.05 Å². The van der Waals surface area contributed by atoms with Crippen LogP contribution in [0.3, 0.4) is 0 Å². The van der Waals surface area contributed by atoms with E-state index in [1.54, 1.807) is 18.8 Å². The van der Waals surface area contributed by atoms with Crippen molar-refractivity contribution in [1.82, 2.24) is 15.0 Å². The van der Waals surface area contributed by atoms with Gasteiger partial charge in [0.15, 0.2) is 0 Å². The van der Waals surface area contributed by atoms with Crippen molar-refractivity contribution < 1.29 is 4.79 Å². The van der Waals surface area contributed by atoms with E-state index in [2.05, 4.69) is 10.3 Å². The van der Waals surface area contributed by atoms with Gasteiger partial charge in [0.05, 0.1) is 6.20 Å². The summed E-state index contributed by atoms with van der Waals surface area (Å²) in [6.07, 6.45) is 3.48. The molecular weight excluding hydrogens is 222 g/mol. The summed E-state index contributed by atoms with van der Waals surface area (Å²) < 4.78 is 1.48. The third-order valence-corrected chi connectivity index (χ3v) is 3.04. The number of aromatic nitrogens is 3. The summed E-state index contributed by atoms with van der Waals surface area (Å²) in [6.45, 7) is 0. The minimum atomic E-state index is -0.0554. The summed E-state index contributed by atoms with van der Waals surface area (Å²) in [4.78, 5) is 13.2. The van der Waals surface area contributed by atoms with Crippen LogP contribution in [0.1, 0.15) is 16.1 Å². The molecule has 4 nitrogen and oxygen atoms in total. The predicted octanol–water partition coefficient (Wildman–Crippen LogP) is 1.77. The molecule has 2 aromatic rings. The molecule has 0 radical (unpaired) electrons. The minimum Gasteiger partial charge on any atom is -0.287 e. The van der Waals surface area contributed by atoms with Gasteiger partial charge in [-0.3, -0.25) is 4.79 Å². The van der Waals surface area contributed by atoms with Crippen LogP contribution in [0.15, 0.2) is 35.4 Å². The number of nitrogens with zero attached hydrogens (tertiary/aromatic N) is 3. The molecule has 82 valence electrons. The average molecular weight is 233 g/mol. The third-order valence-electron chi connectivity index (χ3n) is 2.30. The van der Waals surface area contributed by atoms with Crippen LogP contribution in [-0.4, -0.2) is 27.0 Å². The summed E-state index contributed by atoms with van der Waals surface area (Å²) in [6, 6.07) is 7.51. The fourth-order valence-electron chi connectivity index (χ4n) is 1.39. The number of carbonyl (C=O) groups excluding carboxylic acids is 1. The van der Waals surface area contributed by atoms with Crippen LogP contribution in [0, 0.1) is 0 Å². The Morgan fingerprint density at radius 3 is 2.50 bits per heavy atom. The van der Waals surface area contributed by atoms with Crippen molar-refractivity contribution in [2.45, 2.75) is 4.90 Å². The second-order valence-corrected chi connectivity index (χ2v) is 4.18. The number of rotatable bonds is 3. The van der Waals surface area contributed by atoms with Crippen LogP contribution >= 0.6 is 11.8 Å². The molecular formula is C11H11N3OS. The topological polar surface area (TPSA) is 47.8 Å². The number of ketones is 1. The Labute approximate surface area is 97.7 Å². The van der Waals surface area contributed by atoms with Crippen molar-refractivity contribution in [2.24, 2.45) is 7.05 Å². The van der Waals surface area contributed by atoms with Gasteiger partial charge < -0.3 is 0 Å². The maximum atomic E-state index is 12.0. The zero-order valence-corrected chi connectivity index (χ0v) is 9.86. The smallest absolute Gasteiger partial charge is 0.212 e. The van der Waals surface area contributed by atoms with Gasteiger partial charge in [0.25, 0.3) is 0 Å². The molecule has 0 saturated carbocycles. The highest BCUT2D eigenvalue weighted by Gasteiger charge is 2.13. The molecule has 0 aliphatic heterocycles. The van der Waals surface area contributed by atoms with Gasteiger partial charge in [-0.25, -0.2) is 4.68 Å². The molecule has 0 fully saturated rings. The van der Waals surface area contributed by atoms with Crippen molar-refractivity contribution in [3.8, 4) is 0 Å². The van der Waals surface area contributed by atoms with Crippen molar-refractivity contribution in [2.75, 3.05) is 6.26 Å². The number of hydrogen-bond donors (Lipinski definition) is 0. The molecule has 0 N–H and O–H groups in total. The monoisotopic (exact) mass is 233 g/mol. The standard InChI is InChI=1S/C11H11N3OS/c1-14-10(7-12-13-14)11(15)8-3-5-9(16-2)6-4-8/h3-7H,1-2H3. The SMILES string of the molecule is CSc1ccc(C(=O)c2cnnn2C)cc1. The van der Waals surface area contributed by atoms with E-state index < -0.39 is 0 Å². The van der Waals surface area contributed by atoms with Gasteiger partial charge >= 0.3 is 0 Å². The summed E-state index contributed by atoms with van der Waals surface area (Å²) in [5.41, 5.74) is 1.15. The largest absolute Gasteiger partial charge is 0.287 e. The Bertz CT molecular complexity index is 504. The lowest BCUT2D eigenvalue weighted by molar-refractivity contribution is 0.103. The fourth-order valence-corrected chi connectivity index (χ4v) is 1.79. The van der Waals surface area contributed by atoms with Crippen LogP contribution < -0.4 is 0 Å². The molecule has 5 heteroatoms. The van der Waals surface area contributed by atoms with Crippen molar-refractivity contribution in [1.29, 1.82) is 0 Å². The predicted molar refractivity (Wildman–Crippen MR) is 62.7 cm³/mol. The van der Waals surface area contributed by atoms with E-state index in [-0.39, 0.29) is 5.78 Å². The van der Waals surface area contributed by atoms with Gasteiger partial charge in [-0.15, -0.1) is 16.9 Å². The molecule has 1 aromatic carbocycles. The third kappa shape index (κ3) is 1.99. The van der Waals surface area contributed by atoms with E-state index in [0.717, 1.165) is 4.90 Å². The molecule has 0 bridgehead atoms. The normalized spacial score (nSPS) is 10.4. The number of thioether (sulfide) groups is 1. The highest BCUT2D eigenvalue weighted by molar-refractivity contribution is 7.98. The molecule has 0 amide bonds. The van der Waals surface area contributed by atoms with Crippen LogP contribution in [0.25, 0.3) is 0 Å². The van der Waals surface area contributed by atoms with Crippen LogP contribution in [0.2, 0.25) is 0 Å². The molecule has 2 rings (SSSR count). The first-order valence-corrected chi connectivity index (χ1v) is 5.98. The molecule has 1 heterocycles. The highest BCUT2D eigenvalue weighted by atomic mass is 32.2. The number of aryl methyl sites for hydroxylation is 1. The molecule has 16 heavy (non-hydrogen) atoms. The lowest BCUT2D eigenvalue weighted by atomic mass is 10.1. The maximum absolute atomic E-state index is 12.0. The van der Waals surface area contributed by atoms with Crippen LogP contribution in [0.4, 0.5) is 0 Å². The molecule has 0 spiro atoms. The maximum Gasteiger partial charge on any atom is 0.212 e. The van der Waals surface area contributed by atoms with Gasteiger partial charge in [0.1, 0.15) is 5.69 Å². The molecule has 0 atom stereocenters.